The van der Waals surface area contributed by atoms with Crippen molar-refractivity contribution in [2.75, 3.05) is 25.5 Å². The van der Waals surface area contributed by atoms with Crippen LogP contribution in [0.25, 0.3) is 0 Å². The smallest absolute Gasteiger partial charge is 0.441 e. The fraction of sp³-hybridized carbons (Fsp3) is 0.538. The van der Waals surface area contributed by atoms with Gasteiger partial charge in [-0.3, -0.25) is 0 Å². The predicted molar refractivity (Wildman–Crippen MR) is 72.3 cm³/mol. The molecule has 0 atom stereocenters. The molecule has 1 N–H and O–H groups in total. The molecule has 0 saturated heterocycles. The molecule has 1 heterocycles. The highest BCUT2D eigenvalue weighted by Crippen LogP contribution is 2.31. The maximum absolute atomic E-state index is 11.9. The van der Waals surface area contributed by atoms with Crippen molar-refractivity contribution in [2.45, 2.75) is 18.5 Å². The van der Waals surface area contributed by atoms with Crippen LogP contribution in [0.4, 0.5) is 13.2 Å². The van der Waals surface area contributed by atoms with Gasteiger partial charge in [0.1, 0.15) is 0 Å². The molecular weight excluding hydrogens is 291 g/mol. The van der Waals surface area contributed by atoms with Crippen molar-refractivity contribution in [1.29, 1.82) is 0 Å². The Labute approximate surface area is 119 Å². The minimum absolute atomic E-state index is 0.00799. The van der Waals surface area contributed by atoms with E-state index >= 15 is 0 Å². The third kappa shape index (κ3) is 5.13. The van der Waals surface area contributed by atoms with E-state index in [1.807, 2.05) is 18.2 Å². The maximum atomic E-state index is 11.9. The van der Waals surface area contributed by atoms with Gasteiger partial charge in [-0.25, -0.2) is 0 Å². The molecule has 1 aliphatic rings. The van der Waals surface area contributed by atoms with Gasteiger partial charge in [0.25, 0.3) is 0 Å². The molecule has 0 fully saturated rings. The van der Waals surface area contributed by atoms with Crippen LogP contribution in [-0.4, -0.2) is 31.0 Å². The van der Waals surface area contributed by atoms with Crippen LogP contribution in [0.3, 0.4) is 0 Å². The second-order valence-corrected chi connectivity index (χ2v) is 5.46. The van der Waals surface area contributed by atoms with Gasteiger partial charge in [-0.2, -0.15) is 13.2 Å². The standard InChI is InChI=1S/C13H16F3NO2S/c14-13(15,16)20-7-4-17-9-10-2-3-11-12(8-10)19-6-1-5-18-11/h2-3,8,17H,1,4-7,9H2. The van der Waals surface area contributed by atoms with Gasteiger partial charge < -0.3 is 14.8 Å². The SMILES string of the molecule is FC(F)(F)SCCNCc1ccc2c(c1)OCCCO2. The van der Waals surface area contributed by atoms with Crippen LogP contribution in [0.1, 0.15) is 12.0 Å². The fourth-order valence-electron chi connectivity index (χ4n) is 1.79. The third-order valence-electron chi connectivity index (χ3n) is 2.69. The summed E-state index contributed by atoms with van der Waals surface area (Å²) in [6.45, 7) is 2.07. The summed E-state index contributed by atoms with van der Waals surface area (Å²) in [7, 11) is 0. The van der Waals surface area contributed by atoms with Gasteiger partial charge in [0.05, 0.1) is 13.2 Å². The summed E-state index contributed by atoms with van der Waals surface area (Å²) >= 11 is -0.0129. The molecular formula is C13H16F3NO2S. The Morgan fingerprint density at radius 1 is 1.15 bits per heavy atom. The normalized spacial score (nSPS) is 14.9. The first-order valence-corrected chi connectivity index (χ1v) is 7.33. The first-order valence-electron chi connectivity index (χ1n) is 6.34. The zero-order valence-corrected chi connectivity index (χ0v) is 11.6. The van der Waals surface area contributed by atoms with Crippen LogP contribution in [-0.2, 0) is 6.54 Å². The average Bonchev–Trinajstić information content (AvgIpc) is 2.61. The largest absolute Gasteiger partial charge is 0.490 e. The number of halogens is 3. The number of thioether (sulfide) groups is 1. The second kappa shape index (κ2) is 7.08. The van der Waals surface area contributed by atoms with Crippen molar-refractivity contribution in [1.82, 2.24) is 5.32 Å². The van der Waals surface area contributed by atoms with E-state index < -0.39 is 5.51 Å². The summed E-state index contributed by atoms with van der Waals surface area (Å²) in [4.78, 5) is 0. The molecule has 0 amide bonds. The molecule has 7 heteroatoms. The monoisotopic (exact) mass is 307 g/mol. The van der Waals surface area contributed by atoms with E-state index in [4.69, 9.17) is 9.47 Å². The first kappa shape index (κ1) is 15.3. The molecule has 1 aromatic rings. The molecule has 0 bridgehead atoms. The summed E-state index contributed by atoms with van der Waals surface area (Å²) in [6, 6.07) is 5.59. The lowest BCUT2D eigenvalue weighted by molar-refractivity contribution is -0.0327. The predicted octanol–water partition coefficient (Wildman–Crippen LogP) is 3.19. The van der Waals surface area contributed by atoms with Gasteiger partial charge in [0.2, 0.25) is 0 Å². The average molecular weight is 307 g/mol. The zero-order chi connectivity index (χ0) is 14.4. The molecule has 3 nitrogen and oxygen atoms in total. The molecule has 0 radical (unpaired) electrons. The highest BCUT2D eigenvalue weighted by atomic mass is 32.2. The summed E-state index contributed by atoms with van der Waals surface area (Å²) in [6.07, 6.45) is 0.844. The van der Waals surface area contributed by atoms with Crippen LogP contribution < -0.4 is 14.8 Å². The number of fused-ring (bicyclic) bond motifs is 1. The minimum Gasteiger partial charge on any atom is -0.490 e. The summed E-state index contributed by atoms with van der Waals surface area (Å²) < 4.78 is 46.9. The summed E-state index contributed by atoms with van der Waals surface area (Å²) in [5.74, 6) is 1.43. The Balaban J connectivity index is 1.77. The molecule has 112 valence electrons. The van der Waals surface area contributed by atoms with Crippen LogP contribution in [0.2, 0.25) is 0 Å². The highest BCUT2D eigenvalue weighted by Gasteiger charge is 2.27. The third-order valence-corrected chi connectivity index (χ3v) is 3.42. The quantitative estimate of drug-likeness (QED) is 0.846. The van der Waals surface area contributed by atoms with Crippen LogP contribution in [0, 0.1) is 0 Å². The van der Waals surface area contributed by atoms with E-state index in [9.17, 15) is 13.2 Å². The van der Waals surface area contributed by atoms with Crippen molar-refractivity contribution in [3.05, 3.63) is 23.8 Å². The number of hydrogen-bond donors (Lipinski definition) is 1. The molecule has 2 rings (SSSR count). The minimum atomic E-state index is -4.16. The van der Waals surface area contributed by atoms with E-state index in [0.717, 1.165) is 17.7 Å². The van der Waals surface area contributed by atoms with Gasteiger partial charge in [-0.15, -0.1) is 0 Å². The molecule has 20 heavy (non-hydrogen) atoms. The number of hydrogen-bond acceptors (Lipinski definition) is 4. The van der Waals surface area contributed by atoms with Crippen LogP contribution in [0.5, 0.6) is 11.5 Å². The Bertz CT molecular complexity index is 440. The maximum Gasteiger partial charge on any atom is 0.441 e. The van der Waals surface area contributed by atoms with Crippen molar-refractivity contribution in [2.24, 2.45) is 0 Å². The summed E-state index contributed by atoms with van der Waals surface area (Å²) in [5.41, 5.74) is -3.19. The number of rotatable bonds is 5. The van der Waals surface area contributed by atoms with Crippen molar-refractivity contribution >= 4 is 11.8 Å². The van der Waals surface area contributed by atoms with Gasteiger partial charge in [0.15, 0.2) is 11.5 Å². The van der Waals surface area contributed by atoms with Crippen molar-refractivity contribution < 1.29 is 22.6 Å². The van der Waals surface area contributed by atoms with Gasteiger partial charge in [-0.1, -0.05) is 6.07 Å². The molecule has 0 aromatic heterocycles. The fourth-order valence-corrected chi connectivity index (χ4v) is 2.27. The Morgan fingerprint density at radius 3 is 2.65 bits per heavy atom. The lowest BCUT2D eigenvalue weighted by Gasteiger charge is -2.10. The van der Waals surface area contributed by atoms with Crippen molar-refractivity contribution in [3.63, 3.8) is 0 Å². The number of ether oxygens (including phenoxy) is 2. The lowest BCUT2D eigenvalue weighted by atomic mass is 10.2. The number of benzene rings is 1. The zero-order valence-electron chi connectivity index (χ0n) is 10.8. The Kier molecular flexibility index (Phi) is 5.42. The number of nitrogens with one attached hydrogen (secondary N) is 1. The molecule has 0 spiro atoms. The van der Waals surface area contributed by atoms with E-state index in [0.29, 0.717) is 32.1 Å². The molecule has 1 aliphatic heterocycles. The van der Waals surface area contributed by atoms with Gasteiger partial charge in [0, 0.05) is 25.3 Å². The molecule has 0 saturated carbocycles. The van der Waals surface area contributed by atoms with E-state index in [2.05, 4.69) is 5.32 Å². The van der Waals surface area contributed by atoms with Gasteiger partial charge >= 0.3 is 5.51 Å². The van der Waals surface area contributed by atoms with E-state index in [1.54, 1.807) is 0 Å². The van der Waals surface area contributed by atoms with Crippen molar-refractivity contribution in [3.8, 4) is 11.5 Å². The molecule has 1 aromatic carbocycles. The van der Waals surface area contributed by atoms with E-state index in [1.165, 1.54) is 0 Å². The van der Waals surface area contributed by atoms with E-state index in [-0.39, 0.29) is 17.5 Å². The highest BCUT2D eigenvalue weighted by molar-refractivity contribution is 8.00. The Hall–Kier alpha value is -1.08. The first-order chi connectivity index (χ1) is 9.54. The molecule has 0 aliphatic carbocycles. The topological polar surface area (TPSA) is 30.5 Å². The second-order valence-electron chi connectivity index (χ2n) is 4.30. The summed E-state index contributed by atoms with van der Waals surface area (Å²) in [5, 5.41) is 2.98. The van der Waals surface area contributed by atoms with Crippen LogP contribution in [0.15, 0.2) is 18.2 Å². The number of alkyl halides is 3. The van der Waals surface area contributed by atoms with Gasteiger partial charge in [-0.05, 0) is 29.5 Å². The Morgan fingerprint density at radius 2 is 1.90 bits per heavy atom. The van der Waals surface area contributed by atoms with Crippen LogP contribution >= 0.6 is 11.8 Å². The lowest BCUT2D eigenvalue weighted by Crippen LogP contribution is -2.18. The molecule has 0 unspecified atom stereocenters.